The van der Waals surface area contributed by atoms with Crippen LogP contribution in [-0.4, -0.2) is 50.1 Å². The van der Waals surface area contributed by atoms with Crippen molar-refractivity contribution in [3.8, 4) is 11.5 Å². The average Bonchev–Trinajstić information content (AvgIpc) is 3.00. The van der Waals surface area contributed by atoms with Crippen molar-refractivity contribution in [1.29, 1.82) is 0 Å². The highest BCUT2D eigenvalue weighted by Gasteiger charge is 2.06. The molecule has 0 unspecified atom stereocenters. The smallest absolute Gasteiger partial charge is 0.190 e. The van der Waals surface area contributed by atoms with Gasteiger partial charge in [-0.3, -0.25) is 9.67 Å². The van der Waals surface area contributed by atoms with Gasteiger partial charge in [0.2, 0.25) is 0 Å². The molecule has 1 aromatic heterocycles. The van der Waals surface area contributed by atoms with E-state index in [1.807, 2.05) is 29.8 Å². The molecule has 0 aliphatic rings. The molecule has 2 N–H and O–H groups in total. The van der Waals surface area contributed by atoms with Crippen LogP contribution in [0.3, 0.4) is 0 Å². The molecule has 2 rings (SSSR count). The Kier molecular flexibility index (Phi) is 10.7. The lowest BCUT2D eigenvalue weighted by molar-refractivity contribution is 0.398. The third-order valence-corrected chi connectivity index (χ3v) is 4.34. The molecule has 0 bridgehead atoms. The Balaban J connectivity index is 0.00000392. The first kappa shape index (κ1) is 24.1. The molecule has 1 heterocycles. The number of ether oxygens (including phenoxy) is 2. The van der Waals surface area contributed by atoms with E-state index < -0.39 is 0 Å². The van der Waals surface area contributed by atoms with Crippen LogP contribution in [0.25, 0.3) is 0 Å². The number of halogens is 1. The number of aryl methyl sites for hydroxylation is 3. The number of benzene rings is 1. The second-order valence-corrected chi connectivity index (χ2v) is 6.36. The lowest BCUT2D eigenvalue weighted by Crippen LogP contribution is -2.39. The number of aromatic nitrogens is 2. The molecule has 0 saturated carbocycles. The van der Waals surface area contributed by atoms with Crippen molar-refractivity contribution in [3.05, 3.63) is 41.2 Å². The highest BCUT2D eigenvalue weighted by molar-refractivity contribution is 14.0. The minimum absolute atomic E-state index is 0. The number of nitrogens with zero attached hydrogens (tertiary/aromatic N) is 3. The summed E-state index contributed by atoms with van der Waals surface area (Å²) in [6.07, 6.45) is 1.79. The van der Waals surface area contributed by atoms with Gasteiger partial charge in [-0.05, 0) is 56.5 Å². The van der Waals surface area contributed by atoms with Gasteiger partial charge in [-0.1, -0.05) is 0 Å². The standard InChI is InChI=1S/C20H31N5O2.HI/c1-15-13-16(2)25(24-15)12-6-10-22-20(21-3)23-11-9-17-14-18(26-4)7-8-19(17)27-5;/h7-8,13-14H,6,9-12H2,1-5H3,(H2,21,22,23);1H. The van der Waals surface area contributed by atoms with Crippen molar-refractivity contribution in [1.82, 2.24) is 20.4 Å². The van der Waals surface area contributed by atoms with E-state index in [-0.39, 0.29) is 24.0 Å². The monoisotopic (exact) mass is 501 g/mol. The van der Waals surface area contributed by atoms with Gasteiger partial charge < -0.3 is 20.1 Å². The zero-order valence-corrected chi connectivity index (χ0v) is 19.7. The van der Waals surface area contributed by atoms with Crippen LogP contribution in [0.15, 0.2) is 29.3 Å². The van der Waals surface area contributed by atoms with Crippen molar-refractivity contribution >= 4 is 29.9 Å². The van der Waals surface area contributed by atoms with Crippen LogP contribution in [0, 0.1) is 13.8 Å². The Morgan fingerprint density at radius 3 is 2.46 bits per heavy atom. The van der Waals surface area contributed by atoms with Crippen LogP contribution in [0.1, 0.15) is 23.4 Å². The van der Waals surface area contributed by atoms with Gasteiger partial charge in [0, 0.05) is 32.4 Å². The van der Waals surface area contributed by atoms with E-state index in [1.165, 1.54) is 5.69 Å². The quantitative estimate of drug-likeness (QED) is 0.239. The molecule has 1 aromatic carbocycles. The number of guanidine groups is 1. The van der Waals surface area contributed by atoms with Crippen molar-refractivity contribution < 1.29 is 9.47 Å². The van der Waals surface area contributed by atoms with Gasteiger partial charge >= 0.3 is 0 Å². The fourth-order valence-corrected chi connectivity index (χ4v) is 2.95. The summed E-state index contributed by atoms with van der Waals surface area (Å²) in [4.78, 5) is 4.28. The number of methoxy groups -OCH3 is 2. The summed E-state index contributed by atoms with van der Waals surface area (Å²) < 4.78 is 12.8. The molecule has 0 atom stereocenters. The highest BCUT2D eigenvalue weighted by atomic mass is 127. The maximum absolute atomic E-state index is 5.42. The van der Waals surface area contributed by atoms with Gasteiger partial charge in [0.05, 0.1) is 19.9 Å². The first-order chi connectivity index (χ1) is 13.1. The number of rotatable bonds is 9. The van der Waals surface area contributed by atoms with Gasteiger partial charge in [-0.15, -0.1) is 24.0 Å². The zero-order valence-electron chi connectivity index (χ0n) is 17.4. The Morgan fingerprint density at radius 2 is 1.86 bits per heavy atom. The summed E-state index contributed by atoms with van der Waals surface area (Å²) >= 11 is 0. The minimum atomic E-state index is 0. The van der Waals surface area contributed by atoms with E-state index in [2.05, 4.69) is 33.7 Å². The lowest BCUT2D eigenvalue weighted by atomic mass is 10.1. The summed E-state index contributed by atoms with van der Waals surface area (Å²) in [6, 6.07) is 7.94. The van der Waals surface area contributed by atoms with E-state index in [0.717, 1.165) is 61.2 Å². The van der Waals surface area contributed by atoms with Crippen LogP contribution in [-0.2, 0) is 13.0 Å². The Hall–Kier alpha value is -1.97. The van der Waals surface area contributed by atoms with Crippen molar-refractivity contribution in [2.45, 2.75) is 33.2 Å². The Morgan fingerprint density at radius 1 is 1.11 bits per heavy atom. The molecule has 0 radical (unpaired) electrons. The van der Waals surface area contributed by atoms with Crippen LogP contribution < -0.4 is 20.1 Å². The summed E-state index contributed by atoms with van der Waals surface area (Å²) in [7, 11) is 5.13. The predicted molar refractivity (Wildman–Crippen MR) is 124 cm³/mol. The van der Waals surface area contributed by atoms with Crippen LogP contribution in [0.2, 0.25) is 0 Å². The normalized spacial score (nSPS) is 11.0. The molecule has 2 aromatic rings. The molecule has 28 heavy (non-hydrogen) atoms. The van der Waals surface area contributed by atoms with E-state index in [4.69, 9.17) is 9.47 Å². The third-order valence-electron chi connectivity index (χ3n) is 4.34. The van der Waals surface area contributed by atoms with Crippen molar-refractivity contribution in [2.24, 2.45) is 4.99 Å². The fraction of sp³-hybridized carbons (Fsp3) is 0.500. The molecule has 7 nitrogen and oxygen atoms in total. The second kappa shape index (κ2) is 12.5. The first-order valence-corrected chi connectivity index (χ1v) is 9.24. The summed E-state index contributed by atoms with van der Waals surface area (Å²) in [5.74, 6) is 2.49. The maximum atomic E-state index is 5.42. The number of hydrogen-bond acceptors (Lipinski definition) is 4. The van der Waals surface area contributed by atoms with Crippen LogP contribution in [0.5, 0.6) is 11.5 Å². The Bertz CT molecular complexity index is 761. The van der Waals surface area contributed by atoms with Crippen LogP contribution in [0.4, 0.5) is 0 Å². The number of aliphatic imine (C=N–C) groups is 1. The van der Waals surface area contributed by atoms with Crippen molar-refractivity contribution in [3.63, 3.8) is 0 Å². The van der Waals surface area contributed by atoms with Gasteiger partial charge in [0.1, 0.15) is 11.5 Å². The van der Waals surface area contributed by atoms with Gasteiger partial charge in [0.15, 0.2) is 5.96 Å². The molecule has 0 fully saturated rings. The van der Waals surface area contributed by atoms with Gasteiger partial charge in [-0.25, -0.2) is 0 Å². The van der Waals surface area contributed by atoms with Gasteiger partial charge in [-0.2, -0.15) is 5.10 Å². The molecule has 0 aliphatic heterocycles. The first-order valence-electron chi connectivity index (χ1n) is 9.24. The second-order valence-electron chi connectivity index (χ2n) is 6.36. The third kappa shape index (κ3) is 7.21. The number of nitrogens with one attached hydrogen (secondary N) is 2. The largest absolute Gasteiger partial charge is 0.497 e. The van der Waals surface area contributed by atoms with E-state index in [0.29, 0.717) is 0 Å². The van der Waals surface area contributed by atoms with Gasteiger partial charge in [0.25, 0.3) is 0 Å². The summed E-state index contributed by atoms with van der Waals surface area (Å²) in [5, 5.41) is 11.2. The van der Waals surface area contributed by atoms with E-state index in [1.54, 1.807) is 21.3 Å². The SMILES string of the molecule is CN=C(NCCCn1nc(C)cc1C)NCCc1cc(OC)ccc1OC.I. The summed E-state index contributed by atoms with van der Waals surface area (Å²) in [5.41, 5.74) is 3.36. The molecular weight excluding hydrogens is 469 g/mol. The average molecular weight is 501 g/mol. The molecular formula is C20H32IN5O2. The number of hydrogen-bond donors (Lipinski definition) is 2. The molecule has 0 saturated heterocycles. The molecule has 0 spiro atoms. The molecule has 156 valence electrons. The van der Waals surface area contributed by atoms with Crippen LogP contribution >= 0.6 is 24.0 Å². The topological polar surface area (TPSA) is 72.7 Å². The fourth-order valence-electron chi connectivity index (χ4n) is 2.95. The molecule has 0 aliphatic carbocycles. The maximum Gasteiger partial charge on any atom is 0.190 e. The predicted octanol–water partition coefficient (Wildman–Crippen LogP) is 2.93. The van der Waals surface area contributed by atoms with E-state index in [9.17, 15) is 0 Å². The highest BCUT2D eigenvalue weighted by Crippen LogP contribution is 2.24. The minimum Gasteiger partial charge on any atom is -0.497 e. The molecule has 0 amide bonds. The molecule has 8 heteroatoms. The van der Waals surface area contributed by atoms with Crippen molar-refractivity contribution in [2.75, 3.05) is 34.4 Å². The van der Waals surface area contributed by atoms with E-state index >= 15 is 0 Å². The lowest BCUT2D eigenvalue weighted by Gasteiger charge is -2.14. The Labute approximate surface area is 184 Å². The summed E-state index contributed by atoms with van der Waals surface area (Å²) in [6.45, 7) is 6.58. The zero-order chi connectivity index (χ0) is 19.6.